The Morgan fingerprint density at radius 1 is 1.35 bits per heavy atom. The lowest BCUT2D eigenvalue weighted by Crippen LogP contribution is -2.30. The van der Waals surface area contributed by atoms with Crippen LogP contribution in [0.25, 0.3) is 0 Å². The SMILES string of the molecule is OC1CCOCC1c1nc(Cc2ccccc2Cl)no1. The van der Waals surface area contributed by atoms with Gasteiger partial charge in [0.1, 0.15) is 0 Å². The maximum absolute atomic E-state index is 9.94. The predicted octanol–water partition coefficient (Wildman–Crippen LogP) is 2.18. The molecule has 0 bridgehead atoms. The second-order valence-corrected chi connectivity index (χ2v) is 5.26. The molecule has 2 unspecified atom stereocenters. The van der Waals surface area contributed by atoms with E-state index < -0.39 is 6.10 Å². The lowest BCUT2D eigenvalue weighted by Gasteiger charge is -2.24. The number of aliphatic hydroxyl groups excluding tert-OH is 1. The first-order valence-corrected chi connectivity index (χ1v) is 6.93. The van der Waals surface area contributed by atoms with Gasteiger partial charge < -0.3 is 14.4 Å². The van der Waals surface area contributed by atoms with Gasteiger partial charge in [-0.3, -0.25) is 0 Å². The van der Waals surface area contributed by atoms with Crippen LogP contribution >= 0.6 is 11.6 Å². The van der Waals surface area contributed by atoms with Gasteiger partial charge in [0.2, 0.25) is 5.89 Å². The predicted molar refractivity (Wildman–Crippen MR) is 72.7 cm³/mol. The van der Waals surface area contributed by atoms with Crippen LogP contribution in [0.15, 0.2) is 28.8 Å². The van der Waals surface area contributed by atoms with E-state index in [4.69, 9.17) is 20.9 Å². The number of hydrogen-bond acceptors (Lipinski definition) is 5. The van der Waals surface area contributed by atoms with Crippen LogP contribution in [0, 0.1) is 0 Å². The van der Waals surface area contributed by atoms with Crippen LogP contribution in [0.4, 0.5) is 0 Å². The van der Waals surface area contributed by atoms with Gasteiger partial charge in [-0.1, -0.05) is 35.0 Å². The van der Waals surface area contributed by atoms with Crippen molar-refractivity contribution in [2.75, 3.05) is 13.2 Å². The number of halogens is 1. The van der Waals surface area contributed by atoms with E-state index in [0.717, 1.165) is 5.56 Å². The van der Waals surface area contributed by atoms with Gasteiger partial charge in [0, 0.05) is 18.1 Å². The fourth-order valence-corrected chi connectivity index (χ4v) is 2.47. The molecule has 106 valence electrons. The molecule has 2 aromatic rings. The van der Waals surface area contributed by atoms with Gasteiger partial charge in [-0.25, -0.2) is 0 Å². The van der Waals surface area contributed by atoms with E-state index in [1.165, 1.54) is 0 Å². The molecule has 1 aliphatic heterocycles. The molecule has 0 amide bonds. The number of benzene rings is 1. The minimum Gasteiger partial charge on any atom is -0.392 e. The van der Waals surface area contributed by atoms with Gasteiger partial charge in [-0.2, -0.15) is 4.98 Å². The summed E-state index contributed by atoms with van der Waals surface area (Å²) in [6.07, 6.45) is 0.608. The molecule has 6 heteroatoms. The molecule has 3 rings (SSSR count). The van der Waals surface area contributed by atoms with Crippen LogP contribution in [0.2, 0.25) is 5.02 Å². The van der Waals surface area contributed by atoms with Crippen molar-refractivity contribution in [3.05, 3.63) is 46.6 Å². The lowest BCUT2D eigenvalue weighted by atomic mass is 9.99. The van der Waals surface area contributed by atoms with Crippen LogP contribution < -0.4 is 0 Å². The molecule has 1 aromatic heterocycles. The summed E-state index contributed by atoms with van der Waals surface area (Å²) >= 11 is 6.11. The van der Waals surface area contributed by atoms with Crippen LogP contribution in [0.5, 0.6) is 0 Å². The zero-order chi connectivity index (χ0) is 13.9. The molecule has 0 aliphatic carbocycles. The zero-order valence-electron chi connectivity index (χ0n) is 10.8. The molecule has 1 N–H and O–H groups in total. The Hall–Kier alpha value is -1.43. The summed E-state index contributed by atoms with van der Waals surface area (Å²) in [7, 11) is 0. The van der Waals surface area contributed by atoms with Gasteiger partial charge in [-0.05, 0) is 18.1 Å². The van der Waals surface area contributed by atoms with E-state index in [-0.39, 0.29) is 5.92 Å². The van der Waals surface area contributed by atoms with Gasteiger partial charge in [0.15, 0.2) is 5.82 Å². The van der Waals surface area contributed by atoms with Gasteiger partial charge in [0.05, 0.1) is 18.6 Å². The molecular formula is C14H15ClN2O3. The van der Waals surface area contributed by atoms with Crippen LogP contribution in [0.1, 0.15) is 29.6 Å². The number of ether oxygens (including phenoxy) is 1. The minimum atomic E-state index is -0.489. The van der Waals surface area contributed by atoms with Crippen molar-refractivity contribution in [2.24, 2.45) is 0 Å². The summed E-state index contributed by atoms with van der Waals surface area (Å²) < 4.78 is 10.6. The molecule has 1 fully saturated rings. The molecule has 0 spiro atoms. The maximum Gasteiger partial charge on any atom is 0.234 e. The number of hydrogen-bond donors (Lipinski definition) is 1. The average molecular weight is 295 g/mol. The van der Waals surface area contributed by atoms with E-state index in [0.29, 0.717) is 42.8 Å². The van der Waals surface area contributed by atoms with Crippen molar-refractivity contribution in [1.29, 1.82) is 0 Å². The highest BCUT2D eigenvalue weighted by Crippen LogP contribution is 2.25. The monoisotopic (exact) mass is 294 g/mol. The Bertz CT molecular complexity index is 587. The normalized spacial score (nSPS) is 22.9. The molecular weight excluding hydrogens is 280 g/mol. The summed E-state index contributed by atoms with van der Waals surface area (Å²) in [5, 5.41) is 14.6. The second kappa shape index (κ2) is 5.91. The van der Waals surface area contributed by atoms with Crippen LogP contribution in [-0.2, 0) is 11.2 Å². The molecule has 1 aliphatic rings. The molecule has 0 radical (unpaired) electrons. The average Bonchev–Trinajstić information content (AvgIpc) is 2.90. The van der Waals surface area contributed by atoms with Crippen LogP contribution in [-0.4, -0.2) is 34.6 Å². The molecule has 1 saturated heterocycles. The first-order valence-electron chi connectivity index (χ1n) is 6.56. The van der Waals surface area contributed by atoms with Crippen molar-refractivity contribution in [3.8, 4) is 0 Å². The fraction of sp³-hybridized carbons (Fsp3) is 0.429. The fourth-order valence-electron chi connectivity index (χ4n) is 2.26. The third-order valence-corrected chi connectivity index (χ3v) is 3.80. The Labute approximate surface area is 121 Å². The molecule has 2 atom stereocenters. The summed E-state index contributed by atoms with van der Waals surface area (Å²) in [6, 6.07) is 7.55. The molecule has 2 heterocycles. The third kappa shape index (κ3) is 2.85. The van der Waals surface area contributed by atoms with Gasteiger partial charge >= 0.3 is 0 Å². The Morgan fingerprint density at radius 3 is 3.00 bits per heavy atom. The third-order valence-electron chi connectivity index (χ3n) is 3.43. The first-order chi connectivity index (χ1) is 9.74. The van der Waals surface area contributed by atoms with Crippen molar-refractivity contribution >= 4 is 11.6 Å². The van der Waals surface area contributed by atoms with Gasteiger partial charge in [-0.15, -0.1) is 0 Å². The summed E-state index contributed by atoms with van der Waals surface area (Å²) in [5.41, 5.74) is 0.946. The Kier molecular flexibility index (Phi) is 4.00. The van der Waals surface area contributed by atoms with E-state index >= 15 is 0 Å². The molecule has 5 nitrogen and oxygen atoms in total. The van der Waals surface area contributed by atoms with E-state index in [2.05, 4.69) is 10.1 Å². The topological polar surface area (TPSA) is 68.4 Å². The summed E-state index contributed by atoms with van der Waals surface area (Å²) in [5.74, 6) is 0.751. The molecule has 0 saturated carbocycles. The Balaban J connectivity index is 1.75. The summed E-state index contributed by atoms with van der Waals surface area (Å²) in [6.45, 7) is 0.979. The highest BCUT2D eigenvalue weighted by molar-refractivity contribution is 6.31. The quantitative estimate of drug-likeness (QED) is 0.939. The zero-order valence-corrected chi connectivity index (χ0v) is 11.6. The van der Waals surface area contributed by atoms with E-state index in [9.17, 15) is 5.11 Å². The van der Waals surface area contributed by atoms with E-state index in [1.807, 2.05) is 24.3 Å². The molecule has 20 heavy (non-hydrogen) atoms. The standard InChI is InChI=1S/C14H15ClN2O3/c15-11-4-2-1-3-9(11)7-13-16-14(20-17-13)10-8-19-6-5-12(10)18/h1-4,10,12,18H,5-8H2. The van der Waals surface area contributed by atoms with Crippen molar-refractivity contribution in [1.82, 2.24) is 10.1 Å². The van der Waals surface area contributed by atoms with Gasteiger partial charge in [0.25, 0.3) is 0 Å². The Morgan fingerprint density at radius 2 is 2.20 bits per heavy atom. The van der Waals surface area contributed by atoms with Crippen molar-refractivity contribution < 1.29 is 14.4 Å². The molecule has 1 aromatic carbocycles. The summed E-state index contributed by atoms with van der Waals surface area (Å²) in [4.78, 5) is 4.34. The first kappa shape index (κ1) is 13.5. The van der Waals surface area contributed by atoms with Crippen LogP contribution in [0.3, 0.4) is 0 Å². The largest absolute Gasteiger partial charge is 0.392 e. The smallest absolute Gasteiger partial charge is 0.234 e. The maximum atomic E-state index is 9.94. The number of aromatic nitrogens is 2. The van der Waals surface area contributed by atoms with Crippen molar-refractivity contribution in [3.63, 3.8) is 0 Å². The van der Waals surface area contributed by atoms with E-state index in [1.54, 1.807) is 0 Å². The highest BCUT2D eigenvalue weighted by atomic mass is 35.5. The minimum absolute atomic E-state index is 0.240. The highest BCUT2D eigenvalue weighted by Gasteiger charge is 2.30. The number of aliphatic hydroxyl groups is 1. The van der Waals surface area contributed by atoms with Crippen molar-refractivity contribution in [2.45, 2.75) is 24.9 Å². The number of rotatable bonds is 3. The lowest BCUT2D eigenvalue weighted by molar-refractivity contribution is -0.0149. The second-order valence-electron chi connectivity index (χ2n) is 4.85. The number of nitrogens with zero attached hydrogens (tertiary/aromatic N) is 2.